The molecule has 6 heteroatoms. The highest BCUT2D eigenvalue weighted by Gasteiger charge is 2.55. The highest BCUT2D eigenvalue weighted by atomic mass is 32.1. The Morgan fingerprint density at radius 2 is 1.82 bits per heavy atom. The molecule has 1 atom stereocenters. The monoisotopic (exact) mass is 462 g/mol. The number of allylic oxidation sites excluding steroid dienone is 1. The number of nitrogens with zero attached hydrogens (tertiary/aromatic N) is 1. The lowest BCUT2D eigenvalue weighted by atomic mass is 9.85. The number of nitrogens with one attached hydrogen (secondary N) is 1. The van der Waals surface area contributed by atoms with Crippen molar-refractivity contribution in [2.45, 2.75) is 31.1 Å². The van der Waals surface area contributed by atoms with Crippen LogP contribution >= 0.6 is 11.3 Å². The summed E-state index contributed by atoms with van der Waals surface area (Å²) in [6.07, 6.45) is 9.44. The lowest BCUT2D eigenvalue weighted by molar-refractivity contribution is -0.116. The number of methoxy groups -OCH3 is 2. The standard InChI is InChI=1S/C27H30N2O3S/c1-31-23-9-5-7-20(17-23)27(21-8-6-10-24(18-21)32-2)19-22(27)12-13-25(30)28-14-4-3-11-26-29-15-16-33-26/h5-10,12-13,15-18,22H,3-4,11,14,19H2,1-2H3,(H,28,30)/t22-/m1/s1. The number of hydrogen-bond donors (Lipinski definition) is 1. The summed E-state index contributed by atoms with van der Waals surface area (Å²) in [5.41, 5.74) is 2.19. The van der Waals surface area contributed by atoms with Gasteiger partial charge in [-0.05, 0) is 73.1 Å². The zero-order valence-corrected chi connectivity index (χ0v) is 19.9. The predicted octanol–water partition coefficient (Wildman–Crippen LogP) is 5.16. The zero-order chi connectivity index (χ0) is 23.1. The summed E-state index contributed by atoms with van der Waals surface area (Å²) in [5, 5.41) is 6.16. The van der Waals surface area contributed by atoms with Gasteiger partial charge in [0, 0.05) is 23.5 Å². The Hall–Kier alpha value is -3.12. The predicted molar refractivity (Wildman–Crippen MR) is 132 cm³/mol. The fourth-order valence-corrected chi connectivity index (χ4v) is 5.07. The molecule has 0 unspecified atom stereocenters. The summed E-state index contributed by atoms with van der Waals surface area (Å²) in [7, 11) is 3.37. The number of carbonyl (C=O) groups is 1. The number of aryl methyl sites for hydroxylation is 1. The minimum Gasteiger partial charge on any atom is -0.497 e. The van der Waals surface area contributed by atoms with Crippen molar-refractivity contribution in [3.63, 3.8) is 0 Å². The van der Waals surface area contributed by atoms with Crippen LogP contribution in [0.5, 0.6) is 11.5 Å². The van der Waals surface area contributed by atoms with Gasteiger partial charge in [-0.15, -0.1) is 11.3 Å². The fraction of sp³-hybridized carbons (Fsp3) is 0.333. The molecule has 1 saturated carbocycles. The van der Waals surface area contributed by atoms with Crippen LogP contribution < -0.4 is 14.8 Å². The summed E-state index contributed by atoms with van der Waals surface area (Å²) in [6.45, 7) is 0.677. The molecule has 1 aliphatic carbocycles. The Bertz CT molecular complexity index is 1050. The first-order valence-electron chi connectivity index (χ1n) is 11.3. The molecule has 1 heterocycles. The van der Waals surface area contributed by atoms with E-state index in [-0.39, 0.29) is 17.2 Å². The molecular weight excluding hydrogens is 432 g/mol. The third-order valence-electron chi connectivity index (χ3n) is 6.26. The number of ether oxygens (including phenoxy) is 2. The molecule has 1 amide bonds. The number of benzene rings is 2. The molecule has 2 aromatic carbocycles. The van der Waals surface area contributed by atoms with Crippen molar-refractivity contribution in [1.82, 2.24) is 10.3 Å². The van der Waals surface area contributed by atoms with E-state index in [0.717, 1.165) is 42.2 Å². The van der Waals surface area contributed by atoms with Gasteiger partial charge in [0.25, 0.3) is 0 Å². The summed E-state index contributed by atoms with van der Waals surface area (Å²) in [4.78, 5) is 16.7. The number of unbranched alkanes of at least 4 members (excludes halogenated alkanes) is 1. The molecule has 0 saturated heterocycles. The van der Waals surface area contributed by atoms with Gasteiger partial charge in [-0.2, -0.15) is 0 Å². The summed E-state index contributed by atoms with van der Waals surface area (Å²) >= 11 is 1.68. The van der Waals surface area contributed by atoms with Gasteiger partial charge in [0.05, 0.1) is 19.2 Å². The maximum absolute atomic E-state index is 12.4. The SMILES string of the molecule is COc1cccc(C2(c3cccc(OC)c3)C[C@H]2C=CC(=O)NCCCCc2nccs2)c1. The molecular formula is C27H30N2O3S. The van der Waals surface area contributed by atoms with Crippen LogP contribution in [0.25, 0.3) is 0 Å². The van der Waals surface area contributed by atoms with E-state index in [1.807, 2.05) is 41.9 Å². The summed E-state index contributed by atoms with van der Waals surface area (Å²) in [6, 6.07) is 16.4. The third kappa shape index (κ3) is 5.45. The topological polar surface area (TPSA) is 60.5 Å². The molecule has 0 spiro atoms. The van der Waals surface area contributed by atoms with E-state index < -0.39 is 0 Å². The maximum atomic E-state index is 12.4. The van der Waals surface area contributed by atoms with E-state index in [0.29, 0.717) is 6.54 Å². The fourth-order valence-electron chi connectivity index (χ4n) is 4.40. The number of aromatic nitrogens is 1. The number of carbonyl (C=O) groups excluding carboxylic acids is 1. The highest BCUT2D eigenvalue weighted by molar-refractivity contribution is 7.09. The lowest BCUT2D eigenvalue weighted by Gasteiger charge is -2.20. The Labute approximate surface area is 199 Å². The van der Waals surface area contributed by atoms with Crippen LogP contribution in [0, 0.1) is 5.92 Å². The molecule has 172 valence electrons. The first-order valence-corrected chi connectivity index (χ1v) is 12.2. The van der Waals surface area contributed by atoms with E-state index in [9.17, 15) is 4.79 Å². The normalized spacial score (nSPS) is 16.5. The molecule has 5 nitrogen and oxygen atoms in total. The Morgan fingerprint density at radius 3 is 2.42 bits per heavy atom. The van der Waals surface area contributed by atoms with Gasteiger partial charge in [0.2, 0.25) is 5.91 Å². The van der Waals surface area contributed by atoms with Crippen LogP contribution in [0.15, 0.2) is 72.3 Å². The maximum Gasteiger partial charge on any atom is 0.243 e. The van der Waals surface area contributed by atoms with Crippen LogP contribution in [-0.4, -0.2) is 31.7 Å². The average Bonchev–Trinajstić information content (AvgIpc) is 3.37. The molecule has 1 aliphatic rings. The van der Waals surface area contributed by atoms with Crippen molar-refractivity contribution >= 4 is 17.2 Å². The van der Waals surface area contributed by atoms with Gasteiger partial charge in [-0.3, -0.25) is 4.79 Å². The van der Waals surface area contributed by atoms with Gasteiger partial charge < -0.3 is 14.8 Å². The number of amides is 1. The minimum absolute atomic E-state index is 0.0404. The van der Waals surface area contributed by atoms with E-state index >= 15 is 0 Å². The number of hydrogen-bond acceptors (Lipinski definition) is 5. The number of thiazole rings is 1. The summed E-state index contributed by atoms with van der Waals surface area (Å²) in [5.74, 6) is 1.86. The van der Waals surface area contributed by atoms with Crippen molar-refractivity contribution in [2.75, 3.05) is 20.8 Å². The molecule has 33 heavy (non-hydrogen) atoms. The second kappa shape index (κ2) is 10.7. The smallest absolute Gasteiger partial charge is 0.243 e. The van der Waals surface area contributed by atoms with E-state index in [4.69, 9.17) is 9.47 Å². The van der Waals surface area contributed by atoms with Crippen molar-refractivity contribution in [1.29, 1.82) is 0 Å². The molecule has 1 fully saturated rings. The van der Waals surface area contributed by atoms with Gasteiger partial charge in [0.1, 0.15) is 11.5 Å². The van der Waals surface area contributed by atoms with Crippen LogP contribution in [0.1, 0.15) is 35.4 Å². The van der Waals surface area contributed by atoms with Gasteiger partial charge in [0.15, 0.2) is 0 Å². The Morgan fingerprint density at radius 1 is 1.12 bits per heavy atom. The zero-order valence-electron chi connectivity index (χ0n) is 19.1. The van der Waals surface area contributed by atoms with Crippen molar-refractivity contribution in [2.24, 2.45) is 5.92 Å². The second-order valence-electron chi connectivity index (χ2n) is 8.28. The van der Waals surface area contributed by atoms with Crippen molar-refractivity contribution < 1.29 is 14.3 Å². The van der Waals surface area contributed by atoms with Gasteiger partial charge >= 0.3 is 0 Å². The molecule has 0 radical (unpaired) electrons. The Kier molecular flexibility index (Phi) is 7.45. The van der Waals surface area contributed by atoms with Crippen molar-refractivity contribution in [3.05, 3.63) is 88.4 Å². The minimum atomic E-state index is -0.187. The molecule has 0 aliphatic heterocycles. The van der Waals surface area contributed by atoms with E-state index in [1.54, 1.807) is 31.6 Å². The Balaban J connectivity index is 1.40. The number of rotatable bonds is 11. The second-order valence-corrected chi connectivity index (χ2v) is 9.26. The molecule has 4 rings (SSSR count). The van der Waals surface area contributed by atoms with E-state index in [2.05, 4.69) is 34.6 Å². The van der Waals surface area contributed by atoms with Crippen LogP contribution in [0.3, 0.4) is 0 Å². The molecule has 0 bridgehead atoms. The van der Waals surface area contributed by atoms with Crippen LogP contribution in [0.2, 0.25) is 0 Å². The molecule has 3 aromatic rings. The van der Waals surface area contributed by atoms with E-state index in [1.165, 1.54) is 11.1 Å². The average molecular weight is 463 g/mol. The third-order valence-corrected chi connectivity index (χ3v) is 7.10. The largest absolute Gasteiger partial charge is 0.497 e. The van der Waals surface area contributed by atoms with Gasteiger partial charge in [-0.25, -0.2) is 4.98 Å². The van der Waals surface area contributed by atoms with Crippen LogP contribution in [-0.2, 0) is 16.6 Å². The quantitative estimate of drug-likeness (QED) is 0.316. The lowest BCUT2D eigenvalue weighted by Crippen LogP contribution is -2.22. The van der Waals surface area contributed by atoms with Gasteiger partial charge in [-0.1, -0.05) is 30.3 Å². The highest BCUT2D eigenvalue weighted by Crippen LogP contribution is 2.60. The summed E-state index contributed by atoms with van der Waals surface area (Å²) < 4.78 is 10.9. The first kappa shape index (κ1) is 23.1. The molecule has 1 N–H and O–H groups in total. The van der Waals surface area contributed by atoms with Crippen molar-refractivity contribution in [3.8, 4) is 11.5 Å². The molecule has 1 aromatic heterocycles. The first-order chi connectivity index (χ1) is 16.2. The van der Waals surface area contributed by atoms with Crippen LogP contribution in [0.4, 0.5) is 0 Å².